The molecular formula is C21H22N6O6S2. The summed E-state index contributed by atoms with van der Waals surface area (Å²) in [6.07, 6.45) is 0. The average Bonchev–Trinajstić information content (AvgIpc) is 3.34. The SMILES string of the molecule is CCOC(=O)c1n[nH]nc1SCC1=C(C(=O)O)N2C(=O)C(NC(=O)C(N)c3ccccc3)[C@@H]2SC1. The zero-order chi connectivity index (χ0) is 25.1. The van der Waals surface area contributed by atoms with E-state index in [0.29, 0.717) is 16.9 Å². The number of thioether (sulfide) groups is 2. The number of hydrogen-bond donors (Lipinski definition) is 4. The van der Waals surface area contributed by atoms with Crippen molar-refractivity contribution < 1.29 is 29.0 Å². The Morgan fingerprint density at radius 2 is 2.09 bits per heavy atom. The highest BCUT2D eigenvalue weighted by Crippen LogP contribution is 2.41. The summed E-state index contributed by atoms with van der Waals surface area (Å²) in [6, 6.07) is 6.91. The van der Waals surface area contributed by atoms with Gasteiger partial charge in [-0.1, -0.05) is 42.1 Å². The smallest absolute Gasteiger partial charge is 0.361 e. The Morgan fingerprint density at radius 1 is 1.34 bits per heavy atom. The molecule has 14 heteroatoms. The highest BCUT2D eigenvalue weighted by atomic mass is 32.2. The van der Waals surface area contributed by atoms with Crippen LogP contribution in [-0.4, -0.2) is 78.7 Å². The number of esters is 1. The van der Waals surface area contributed by atoms with Crippen molar-refractivity contribution in [3.8, 4) is 0 Å². The molecule has 1 saturated heterocycles. The van der Waals surface area contributed by atoms with Gasteiger partial charge in [0.1, 0.15) is 23.2 Å². The number of carbonyl (C=O) groups excluding carboxylic acids is 3. The maximum atomic E-state index is 12.9. The summed E-state index contributed by atoms with van der Waals surface area (Å²) in [6.45, 7) is 1.84. The van der Waals surface area contributed by atoms with Gasteiger partial charge in [-0.05, 0) is 18.1 Å². The van der Waals surface area contributed by atoms with Crippen LogP contribution in [0.25, 0.3) is 0 Å². The second kappa shape index (κ2) is 10.5. The molecule has 2 aliphatic rings. The first-order valence-corrected chi connectivity index (χ1v) is 12.6. The van der Waals surface area contributed by atoms with Gasteiger partial charge in [-0.25, -0.2) is 9.59 Å². The van der Waals surface area contributed by atoms with Crippen LogP contribution in [0.5, 0.6) is 0 Å². The number of aliphatic carboxylic acids is 1. The summed E-state index contributed by atoms with van der Waals surface area (Å²) in [5, 5.41) is 22.3. The van der Waals surface area contributed by atoms with Crippen LogP contribution < -0.4 is 11.1 Å². The Hall–Kier alpha value is -3.36. The zero-order valence-corrected chi connectivity index (χ0v) is 20.1. The van der Waals surface area contributed by atoms with Crippen LogP contribution in [0.2, 0.25) is 0 Å². The lowest BCUT2D eigenvalue weighted by atomic mass is 10.0. The van der Waals surface area contributed by atoms with Gasteiger partial charge in [0.05, 0.1) is 6.61 Å². The third-order valence-electron chi connectivity index (χ3n) is 5.36. The fourth-order valence-corrected chi connectivity index (χ4v) is 6.05. The van der Waals surface area contributed by atoms with Crippen LogP contribution in [-0.2, 0) is 19.1 Å². The van der Waals surface area contributed by atoms with Gasteiger partial charge < -0.3 is 20.9 Å². The van der Waals surface area contributed by atoms with E-state index < -0.39 is 41.2 Å². The van der Waals surface area contributed by atoms with E-state index in [0.717, 1.165) is 11.8 Å². The molecule has 0 aliphatic carbocycles. The number of amides is 2. The first-order valence-electron chi connectivity index (χ1n) is 10.5. The predicted octanol–water partition coefficient (Wildman–Crippen LogP) is 0.512. The molecule has 0 saturated carbocycles. The third-order valence-corrected chi connectivity index (χ3v) is 7.75. The van der Waals surface area contributed by atoms with Crippen LogP contribution in [0.15, 0.2) is 46.6 Å². The number of rotatable bonds is 9. The molecule has 12 nitrogen and oxygen atoms in total. The minimum absolute atomic E-state index is 0.00761. The van der Waals surface area contributed by atoms with Crippen LogP contribution in [0.4, 0.5) is 0 Å². The van der Waals surface area contributed by atoms with Crippen molar-refractivity contribution in [3.05, 3.63) is 52.9 Å². The van der Waals surface area contributed by atoms with Gasteiger partial charge in [0, 0.05) is 11.5 Å². The van der Waals surface area contributed by atoms with Crippen LogP contribution in [0.1, 0.15) is 29.0 Å². The van der Waals surface area contributed by atoms with Crippen molar-refractivity contribution in [2.24, 2.45) is 5.73 Å². The van der Waals surface area contributed by atoms with Gasteiger partial charge in [-0.15, -0.1) is 22.0 Å². The molecule has 0 bridgehead atoms. The molecule has 3 atom stereocenters. The van der Waals surface area contributed by atoms with E-state index in [1.165, 1.54) is 16.7 Å². The van der Waals surface area contributed by atoms with Gasteiger partial charge in [0.2, 0.25) is 11.6 Å². The van der Waals surface area contributed by atoms with Crippen LogP contribution in [0.3, 0.4) is 0 Å². The molecule has 2 aromatic rings. The maximum absolute atomic E-state index is 12.9. The number of aromatic amines is 1. The summed E-state index contributed by atoms with van der Waals surface area (Å²) >= 11 is 2.45. The van der Waals surface area contributed by atoms with Gasteiger partial charge in [-0.2, -0.15) is 5.21 Å². The number of fused-ring (bicyclic) bond motifs is 1. The minimum Gasteiger partial charge on any atom is -0.477 e. The number of H-pyrrole nitrogens is 1. The number of ether oxygens (including phenoxy) is 1. The summed E-state index contributed by atoms with van der Waals surface area (Å²) in [4.78, 5) is 50.7. The predicted molar refractivity (Wildman–Crippen MR) is 126 cm³/mol. The number of hydrogen-bond acceptors (Lipinski definition) is 10. The standard InChI is InChI=1S/C21H22N6O6S2/c1-2-33-21(32)13-17(25-26-24-13)34-8-11-9-35-19-14(18(29)27(19)15(11)20(30)31)23-16(28)12(22)10-6-4-3-5-7-10/h3-7,12,14,19H,2,8-9,22H2,1H3,(H,23,28)(H,30,31)(H,24,25,26)/t12?,14?,19-/m0/s1. The molecule has 1 fully saturated rings. The summed E-state index contributed by atoms with van der Waals surface area (Å²) in [7, 11) is 0. The molecule has 0 radical (unpaired) electrons. The third kappa shape index (κ3) is 4.90. The molecular weight excluding hydrogens is 496 g/mol. The highest BCUT2D eigenvalue weighted by Gasteiger charge is 2.54. The van der Waals surface area contributed by atoms with E-state index in [2.05, 4.69) is 20.7 Å². The molecule has 0 spiro atoms. The quantitative estimate of drug-likeness (QED) is 0.206. The number of aromatic nitrogens is 3. The summed E-state index contributed by atoms with van der Waals surface area (Å²) in [5.74, 6) is -2.46. The number of benzene rings is 1. The van der Waals surface area contributed by atoms with Crippen LogP contribution >= 0.6 is 23.5 Å². The molecule has 1 aromatic carbocycles. The zero-order valence-electron chi connectivity index (χ0n) is 18.5. The number of nitrogens with zero attached hydrogens (tertiary/aromatic N) is 3. The number of nitrogens with one attached hydrogen (secondary N) is 2. The van der Waals surface area contributed by atoms with Crippen molar-refractivity contribution in [3.63, 3.8) is 0 Å². The first kappa shape index (κ1) is 24.8. The van der Waals surface area contributed by atoms with Crippen molar-refractivity contribution in [1.29, 1.82) is 0 Å². The van der Waals surface area contributed by atoms with E-state index >= 15 is 0 Å². The maximum Gasteiger partial charge on any atom is 0.361 e. The second-order valence-electron chi connectivity index (χ2n) is 7.53. The lowest BCUT2D eigenvalue weighted by Gasteiger charge is -2.49. The van der Waals surface area contributed by atoms with Crippen molar-refractivity contribution in [2.45, 2.75) is 29.4 Å². The Labute approximate surface area is 208 Å². The van der Waals surface area contributed by atoms with Crippen molar-refractivity contribution in [2.75, 3.05) is 18.1 Å². The van der Waals surface area contributed by atoms with E-state index in [-0.39, 0.29) is 28.8 Å². The number of carboxylic acid groups (broad SMARTS) is 1. The van der Waals surface area contributed by atoms with Crippen molar-refractivity contribution in [1.82, 2.24) is 25.6 Å². The van der Waals surface area contributed by atoms with Gasteiger partial charge >= 0.3 is 11.9 Å². The molecule has 1 aromatic heterocycles. The molecule has 184 valence electrons. The lowest BCUT2D eigenvalue weighted by molar-refractivity contribution is -0.150. The summed E-state index contributed by atoms with van der Waals surface area (Å²) < 4.78 is 4.94. The Balaban J connectivity index is 1.45. The van der Waals surface area contributed by atoms with Gasteiger partial charge in [0.15, 0.2) is 5.03 Å². The Morgan fingerprint density at radius 3 is 2.77 bits per heavy atom. The molecule has 2 amide bonds. The Kier molecular flexibility index (Phi) is 7.42. The topological polar surface area (TPSA) is 181 Å². The normalized spacial score (nSPS) is 20.1. The first-order chi connectivity index (χ1) is 16.8. The second-order valence-corrected chi connectivity index (χ2v) is 9.60. The minimum atomic E-state index is -1.25. The van der Waals surface area contributed by atoms with Crippen molar-refractivity contribution >= 4 is 47.3 Å². The van der Waals surface area contributed by atoms with E-state index in [4.69, 9.17) is 10.5 Å². The average molecular weight is 519 g/mol. The molecule has 2 unspecified atom stereocenters. The van der Waals surface area contributed by atoms with E-state index in [1.54, 1.807) is 37.3 Å². The largest absolute Gasteiger partial charge is 0.477 e. The van der Waals surface area contributed by atoms with Gasteiger partial charge in [0.25, 0.3) is 5.91 Å². The number of carbonyl (C=O) groups is 4. The number of nitrogens with two attached hydrogens (primary N) is 1. The fourth-order valence-electron chi connectivity index (χ4n) is 3.66. The molecule has 3 heterocycles. The van der Waals surface area contributed by atoms with E-state index in [9.17, 15) is 24.3 Å². The van der Waals surface area contributed by atoms with Gasteiger partial charge in [-0.3, -0.25) is 14.5 Å². The number of carboxylic acids is 1. The monoisotopic (exact) mass is 518 g/mol. The Bertz CT molecular complexity index is 1190. The van der Waals surface area contributed by atoms with Crippen LogP contribution in [0, 0.1) is 0 Å². The molecule has 35 heavy (non-hydrogen) atoms. The molecule has 2 aliphatic heterocycles. The van der Waals surface area contributed by atoms with E-state index in [1.807, 2.05) is 0 Å². The number of β-lactam (4-membered cyclic amide) rings is 1. The molecule has 5 N–H and O–H groups in total. The fraction of sp³-hybridized carbons (Fsp3) is 0.333. The summed E-state index contributed by atoms with van der Waals surface area (Å²) in [5.41, 5.74) is 6.98. The highest BCUT2D eigenvalue weighted by molar-refractivity contribution is 8.01. The lowest BCUT2D eigenvalue weighted by Crippen LogP contribution is -2.71. The molecule has 4 rings (SSSR count).